The Kier molecular flexibility index (Phi) is 5.29. The number of nitrogens with two attached hydrogens (primary N) is 1. The third kappa shape index (κ3) is 4.01. The molecule has 3 aromatic rings. The van der Waals surface area contributed by atoms with Crippen LogP contribution in [0.15, 0.2) is 30.5 Å². The van der Waals surface area contributed by atoms with Crippen LogP contribution in [0.3, 0.4) is 0 Å². The lowest BCUT2D eigenvalue weighted by atomic mass is 10.1. The molecule has 1 aliphatic rings. The fraction of sp³-hybridized carbons (Fsp3) is 0.450. The number of hydrogen-bond acceptors (Lipinski definition) is 7. The van der Waals surface area contributed by atoms with Gasteiger partial charge in [-0.05, 0) is 36.5 Å². The van der Waals surface area contributed by atoms with Crippen LogP contribution in [0.1, 0.15) is 43.7 Å². The fourth-order valence-electron chi connectivity index (χ4n) is 3.40. The molecule has 0 aliphatic carbocycles. The van der Waals surface area contributed by atoms with E-state index in [1.807, 2.05) is 30.5 Å². The van der Waals surface area contributed by atoms with Gasteiger partial charge in [0.2, 0.25) is 11.9 Å². The minimum absolute atomic E-state index is 0.225. The van der Waals surface area contributed by atoms with E-state index >= 15 is 0 Å². The molecule has 0 bridgehead atoms. The van der Waals surface area contributed by atoms with Gasteiger partial charge in [-0.25, -0.2) is 0 Å². The van der Waals surface area contributed by atoms with Gasteiger partial charge in [-0.1, -0.05) is 26.0 Å². The molecule has 4 rings (SSSR count). The van der Waals surface area contributed by atoms with Gasteiger partial charge in [0.05, 0.1) is 18.8 Å². The normalized spacial score (nSPS) is 17.2. The predicted molar refractivity (Wildman–Crippen MR) is 111 cm³/mol. The SMILES string of the molecule is CC(C)c1cnn2c(NCc3cccc(N)c3)nc(NC3CCCOC3)nc12. The predicted octanol–water partition coefficient (Wildman–Crippen LogP) is 3.03. The number of fused-ring (bicyclic) bond motifs is 1. The average Bonchev–Trinajstić information content (AvgIpc) is 3.11. The largest absolute Gasteiger partial charge is 0.399 e. The Balaban J connectivity index is 1.64. The molecule has 28 heavy (non-hydrogen) atoms. The van der Waals surface area contributed by atoms with Crippen LogP contribution in [0.5, 0.6) is 0 Å². The van der Waals surface area contributed by atoms with Crippen molar-refractivity contribution in [2.75, 3.05) is 29.6 Å². The molecule has 4 N–H and O–H groups in total. The van der Waals surface area contributed by atoms with Crippen LogP contribution in [-0.2, 0) is 11.3 Å². The molecule has 3 heterocycles. The van der Waals surface area contributed by atoms with Gasteiger partial charge in [0.1, 0.15) is 0 Å². The fourth-order valence-corrected chi connectivity index (χ4v) is 3.40. The van der Waals surface area contributed by atoms with E-state index in [1.54, 1.807) is 4.52 Å². The summed E-state index contributed by atoms with van der Waals surface area (Å²) in [6, 6.07) is 8.03. The third-order valence-electron chi connectivity index (χ3n) is 4.91. The van der Waals surface area contributed by atoms with E-state index < -0.39 is 0 Å². The molecule has 1 fully saturated rings. The summed E-state index contributed by atoms with van der Waals surface area (Å²) < 4.78 is 7.34. The van der Waals surface area contributed by atoms with Crippen molar-refractivity contribution < 1.29 is 4.74 Å². The molecule has 1 saturated heterocycles. The molecule has 8 nitrogen and oxygen atoms in total. The highest BCUT2D eigenvalue weighted by atomic mass is 16.5. The lowest BCUT2D eigenvalue weighted by Crippen LogP contribution is -2.31. The summed E-state index contributed by atoms with van der Waals surface area (Å²) in [6.45, 7) is 6.38. The highest BCUT2D eigenvalue weighted by molar-refractivity contribution is 5.56. The monoisotopic (exact) mass is 381 g/mol. The van der Waals surface area contributed by atoms with Crippen molar-refractivity contribution in [3.8, 4) is 0 Å². The highest BCUT2D eigenvalue weighted by Crippen LogP contribution is 2.23. The Morgan fingerprint density at radius 3 is 2.96 bits per heavy atom. The van der Waals surface area contributed by atoms with Crippen molar-refractivity contribution in [3.05, 3.63) is 41.6 Å². The Hall–Kier alpha value is -2.87. The van der Waals surface area contributed by atoms with Gasteiger partial charge < -0.3 is 21.1 Å². The van der Waals surface area contributed by atoms with Gasteiger partial charge >= 0.3 is 0 Å². The zero-order chi connectivity index (χ0) is 19.5. The van der Waals surface area contributed by atoms with Crippen molar-refractivity contribution in [2.24, 2.45) is 0 Å². The molecule has 0 saturated carbocycles. The maximum absolute atomic E-state index is 5.89. The average molecular weight is 381 g/mol. The quantitative estimate of drug-likeness (QED) is 0.564. The van der Waals surface area contributed by atoms with Crippen LogP contribution < -0.4 is 16.4 Å². The summed E-state index contributed by atoms with van der Waals surface area (Å²) in [4.78, 5) is 9.43. The van der Waals surface area contributed by atoms with Gasteiger partial charge in [0.25, 0.3) is 0 Å². The van der Waals surface area contributed by atoms with E-state index in [1.165, 1.54) is 0 Å². The zero-order valence-electron chi connectivity index (χ0n) is 16.4. The van der Waals surface area contributed by atoms with Crippen LogP contribution in [0.2, 0.25) is 0 Å². The van der Waals surface area contributed by atoms with Crippen LogP contribution in [0.25, 0.3) is 5.65 Å². The first-order valence-electron chi connectivity index (χ1n) is 9.78. The molecule has 1 unspecified atom stereocenters. The standard InChI is InChI=1S/C20H27N7O/c1-13(2)17-11-23-27-18(17)25-19(24-16-7-4-8-28-12-16)26-20(27)22-10-14-5-3-6-15(21)9-14/h3,5-6,9,11,13,16H,4,7-8,10,12,21H2,1-2H3,(H2,22,24,25,26). The Morgan fingerprint density at radius 2 is 2.21 bits per heavy atom. The maximum atomic E-state index is 5.89. The lowest BCUT2D eigenvalue weighted by Gasteiger charge is -2.23. The van der Waals surface area contributed by atoms with Crippen molar-refractivity contribution >= 4 is 23.2 Å². The number of aromatic nitrogens is 4. The maximum Gasteiger partial charge on any atom is 0.229 e. The second-order valence-corrected chi connectivity index (χ2v) is 7.52. The summed E-state index contributed by atoms with van der Waals surface area (Å²) in [5.41, 5.74) is 9.63. The van der Waals surface area contributed by atoms with Gasteiger partial charge in [-0.3, -0.25) is 0 Å². The number of benzene rings is 1. The van der Waals surface area contributed by atoms with Crippen molar-refractivity contribution in [3.63, 3.8) is 0 Å². The topological polar surface area (TPSA) is 102 Å². The molecular weight excluding hydrogens is 354 g/mol. The molecule has 2 aromatic heterocycles. The third-order valence-corrected chi connectivity index (χ3v) is 4.91. The molecule has 0 amide bonds. The molecule has 1 aromatic carbocycles. The summed E-state index contributed by atoms with van der Waals surface area (Å²) in [6.07, 6.45) is 3.97. The van der Waals surface area contributed by atoms with Crippen molar-refractivity contribution in [1.82, 2.24) is 19.6 Å². The van der Waals surface area contributed by atoms with Crippen LogP contribution >= 0.6 is 0 Å². The number of rotatable bonds is 6. The first kappa shape index (κ1) is 18.5. The number of nitrogens with zero attached hydrogens (tertiary/aromatic N) is 4. The smallest absolute Gasteiger partial charge is 0.229 e. The number of nitrogens with one attached hydrogen (secondary N) is 2. The second-order valence-electron chi connectivity index (χ2n) is 7.52. The van der Waals surface area contributed by atoms with E-state index in [9.17, 15) is 0 Å². The van der Waals surface area contributed by atoms with Crippen molar-refractivity contribution in [2.45, 2.75) is 45.2 Å². The van der Waals surface area contributed by atoms with Gasteiger partial charge in [-0.2, -0.15) is 19.6 Å². The van der Waals surface area contributed by atoms with E-state index in [0.29, 0.717) is 31.0 Å². The Bertz CT molecular complexity index is 947. The van der Waals surface area contributed by atoms with Gasteiger partial charge in [0, 0.05) is 24.4 Å². The minimum atomic E-state index is 0.225. The summed E-state index contributed by atoms with van der Waals surface area (Å²) in [7, 11) is 0. The van der Waals surface area contributed by atoms with Crippen LogP contribution in [-0.4, -0.2) is 38.8 Å². The first-order valence-corrected chi connectivity index (χ1v) is 9.78. The number of hydrogen-bond donors (Lipinski definition) is 3. The molecule has 148 valence electrons. The molecule has 8 heteroatoms. The number of nitrogen functional groups attached to an aromatic ring is 1. The van der Waals surface area contributed by atoms with Gasteiger partial charge in [-0.15, -0.1) is 0 Å². The molecule has 1 atom stereocenters. The Morgan fingerprint density at radius 1 is 1.32 bits per heavy atom. The summed E-state index contributed by atoms with van der Waals surface area (Å²) >= 11 is 0. The van der Waals surface area contributed by atoms with Crippen LogP contribution in [0, 0.1) is 0 Å². The molecular formula is C20H27N7O. The number of anilines is 3. The van der Waals surface area contributed by atoms with E-state index in [2.05, 4.69) is 34.6 Å². The van der Waals surface area contributed by atoms with Crippen LogP contribution in [0.4, 0.5) is 17.6 Å². The second kappa shape index (κ2) is 8.02. The Labute approximate surface area is 164 Å². The molecule has 0 spiro atoms. The highest BCUT2D eigenvalue weighted by Gasteiger charge is 2.18. The van der Waals surface area contributed by atoms with Crippen molar-refractivity contribution in [1.29, 1.82) is 0 Å². The summed E-state index contributed by atoms with van der Waals surface area (Å²) in [5.74, 6) is 1.57. The van der Waals surface area contributed by atoms with E-state index in [4.69, 9.17) is 15.5 Å². The zero-order valence-corrected chi connectivity index (χ0v) is 16.4. The minimum Gasteiger partial charge on any atom is -0.399 e. The molecule has 0 radical (unpaired) electrons. The molecule has 1 aliphatic heterocycles. The summed E-state index contributed by atoms with van der Waals surface area (Å²) in [5, 5.41) is 11.3. The first-order chi connectivity index (χ1) is 13.6. The van der Waals surface area contributed by atoms with Gasteiger partial charge in [0.15, 0.2) is 5.65 Å². The van der Waals surface area contributed by atoms with E-state index in [0.717, 1.165) is 41.9 Å². The number of ether oxygens (including phenoxy) is 1. The lowest BCUT2D eigenvalue weighted by molar-refractivity contribution is 0.0874. The van der Waals surface area contributed by atoms with E-state index in [-0.39, 0.29) is 6.04 Å².